The lowest BCUT2D eigenvalue weighted by Crippen LogP contribution is -2.26. The van der Waals surface area contributed by atoms with Crippen molar-refractivity contribution in [3.8, 4) is 0 Å². The quantitative estimate of drug-likeness (QED) is 0.890. The zero-order valence-electron chi connectivity index (χ0n) is 10.9. The Morgan fingerprint density at radius 1 is 1.47 bits per heavy atom. The molecular formula is C13H16N4OS. The van der Waals surface area contributed by atoms with E-state index in [1.54, 1.807) is 30.5 Å². The van der Waals surface area contributed by atoms with Crippen molar-refractivity contribution in [2.75, 3.05) is 12.3 Å². The molecule has 0 atom stereocenters. The minimum Gasteiger partial charge on any atom is -0.397 e. The van der Waals surface area contributed by atoms with Crippen LogP contribution in [0.4, 0.5) is 5.69 Å². The standard InChI is InChI=1S/C13H16N4OS/c1-8-7-19-12(17-8)3-4-15-13(18)11-5-10(14)6-16-9(11)2/h5-7H,3-4,14H2,1-2H3,(H,15,18). The molecule has 5 nitrogen and oxygen atoms in total. The van der Waals surface area contributed by atoms with Crippen LogP contribution >= 0.6 is 11.3 Å². The molecule has 0 saturated heterocycles. The van der Waals surface area contributed by atoms with Crippen molar-refractivity contribution in [2.45, 2.75) is 20.3 Å². The molecule has 1 amide bonds. The van der Waals surface area contributed by atoms with Crippen molar-refractivity contribution in [1.82, 2.24) is 15.3 Å². The minimum absolute atomic E-state index is 0.148. The SMILES string of the molecule is Cc1csc(CCNC(=O)c2cc(N)cnc2C)n1. The first-order valence-electron chi connectivity index (χ1n) is 5.97. The van der Waals surface area contributed by atoms with Crippen molar-refractivity contribution >= 4 is 22.9 Å². The number of thiazole rings is 1. The fourth-order valence-electron chi connectivity index (χ4n) is 1.67. The van der Waals surface area contributed by atoms with Crippen LogP contribution < -0.4 is 11.1 Å². The molecule has 6 heteroatoms. The van der Waals surface area contributed by atoms with E-state index in [1.165, 1.54) is 0 Å². The summed E-state index contributed by atoms with van der Waals surface area (Å²) in [7, 11) is 0. The van der Waals surface area contributed by atoms with Crippen LogP contribution in [0.1, 0.15) is 26.8 Å². The number of hydrogen-bond acceptors (Lipinski definition) is 5. The van der Waals surface area contributed by atoms with Crippen LogP contribution in [0.2, 0.25) is 0 Å². The van der Waals surface area contributed by atoms with Gasteiger partial charge in [-0.25, -0.2) is 4.98 Å². The Bertz CT molecular complexity index is 594. The summed E-state index contributed by atoms with van der Waals surface area (Å²) in [5.74, 6) is -0.148. The van der Waals surface area contributed by atoms with Gasteiger partial charge in [-0.1, -0.05) is 0 Å². The number of pyridine rings is 1. The number of nitrogens with one attached hydrogen (secondary N) is 1. The first-order valence-corrected chi connectivity index (χ1v) is 6.85. The Hall–Kier alpha value is -1.95. The van der Waals surface area contributed by atoms with Gasteiger partial charge >= 0.3 is 0 Å². The molecule has 0 fully saturated rings. The maximum absolute atomic E-state index is 12.0. The van der Waals surface area contributed by atoms with Gasteiger partial charge in [0.05, 0.1) is 28.1 Å². The predicted octanol–water partition coefficient (Wildman–Crippen LogP) is 1.71. The van der Waals surface area contributed by atoms with E-state index < -0.39 is 0 Å². The van der Waals surface area contributed by atoms with Gasteiger partial charge in [-0.05, 0) is 19.9 Å². The fraction of sp³-hybridized carbons (Fsp3) is 0.308. The van der Waals surface area contributed by atoms with E-state index in [4.69, 9.17) is 5.73 Å². The van der Waals surface area contributed by atoms with Crippen LogP contribution in [0.25, 0.3) is 0 Å². The lowest BCUT2D eigenvalue weighted by Gasteiger charge is -2.07. The highest BCUT2D eigenvalue weighted by Gasteiger charge is 2.10. The first kappa shape index (κ1) is 13.5. The van der Waals surface area contributed by atoms with E-state index in [-0.39, 0.29) is 5.91 Å². The Balaban J connectivity index is 1.92. The summed E-state index contributed by atoms with van der Waals surface area (Å²) >= 11 is 1.61. The predicted molar refractivity (Wildman–Crippen MR) is 76.3 cm³/mol. The lowest BCUT2D eigenvalue weighted by molar-refractivity contribution is 0.0953. The van der Waals surface area contributed by atoms with Crippen molar-refractivity contribution in [1.29, 1.82) is 0 Å². The molecule has 100 valence electrons. The van der Waals surface area contributed by atoms with E-state index >= 15 is 0 Å². The summed E-state index contributed by atoms with van der Waals surface area (Å²) in [5, 5.41) is 5.89. The van der Waals surface area contributed by atoms with Crippen LogP contribution in [-0.4, -0.2) is 22.4 Å². The summed E-state index contributed by atoms with van der Waals surface area (Å²) in [6.07, 6.45) is 2.28. The number of aryl methyl sites for hydroxylation is 2. The highest BCUT2D eigenvalue weighted by atomic mass is 32.1. The second-order valence-corrected chi connectivity index (χ2v) is 5.23. The zero-order valence-corrected chi connectivity index (χ0v) is 11.8. The molecule has 0 aromatic carbocycles. The molecule has 2 aromatic rings. The average Bonchev–Trinajstić information content (AvgIpc) is 2.78. The van der Waals surface area contributed by atoms with Gasteiger partial charge in [0.15, 0.2) is 0 Å². The number of carbonyl (C=O) groups is 1. The summed E-state index contributed by atoms with van der Waals surface area (Å²) in [6, 6.07) is 1.64. The topological polar surface area (TPSA) is 80.9 Å². The molecule has 0 bridgehead atoms. The molecule has 0 unspecified atom stereocenters. The molecule has 0 radical (unpaired) electrons. The van der Waals surface area contributed by atoms with Gasteiger partial charge in [0.2, 0.25) is 0 Å². The molecule has 19 heavy (non-hydrogen) atoms. The largest absolute Gasteiger partial charge is 0.397 e. The third-order valence-corrected chi connectivity index (χ3v) is 3.67. The van der Waals surface area contributed by atoms with Gasteiger partial charge in [-0.2, -0.15) is 0 Å². The van der Waals surface area contributed by atoms with Gasteiger partial charge in [-0.15, -0.1) is 11.3 Å². The number of hydrogen-bond donors (Lipinski definition) is 2. The van der Waals surface area contributed by atoms with E-state index in [1.807, 2.05) is 12.3 Å². The molecule has 0 spiro atoms. The molecule has 0 aliphatic rings. The molecule has 0 aliphatic heterocycles. The highest BCUT2D eigenvalue weighted by Crippen LogP contribution is 2.10. The zero-order chi connectivity index (χ0) is 13.8. The number of nitrogens with zero attached hydrogens (tertiary/aromatic N) is 2. The second-order valence-electron chi connectivity index (χ2n) is 4.29. The fourth-order valence-corrected chi connectivity index (χ4v) is 2.45. The van der Waals surface area contributed by atoms with E-state index in [2.05, 4.69) is 15.3 Å². The van der Waals surface area contributed by atoms with Gasteiger partial charge in [0, 0.05) is 24.0 Å². The van der Waals surface area contributed by atoms with Gasteiger partial charge in [0.1, 0.15) is 0 Å². The van der Waals surface area contributed by atoms with Crippen LogP contribution in [0.15, 0.2) is 17.6 Å². The molecule has 0 aliphatic carbocycles. The molecule has 2 aromatic heterocycles. The van der Waals surface area contributed by atoms with Gasteiger partial charge in [-0.3, -0.25) is 9.78 Å². The Labute approximate surface area is 115 Å². The smallest absolute Gasteiger partial charge is 0.253 e. The minimum atomic E-state index is -0.148. The Morgan fingerprint density at radius 2 is 2.26 bits per heavy atom. The third-order valence-electron chi connectivity index (χ3n) is 2.64. The number of rotatable bonds is 4. The van der Waals surface area contributed by atoms with Gasteiger partial charge in [0.25, 0.3) is 5.91 Å². The highest BCUT2D eigenvalue weighted by molar-refractivity contribution is 7.09. The number of nitrogen functional groups attached to an aromatic ring is 1. The lowest BCUT2D eigenvalue weighted by atomic mass is 10.2. The average molecular weight is 276 g/mol. The Kier molecular flexibility index (Phi) is 4.11. The van der Waals surface area contributed by atoms with Gasteiger partial charge < -0.3 is 11.1 Å². The van der Waals surface area contributed by atoms with Crippen molar-refractivity contribution in [2.24, 2.45) is 0 Å². The number of aromatic nitrogens is 2. The maximum Gasteiger partial charge on any atom is 0.253 e. The second kappa shape index (κ2) is 5.79. The third kappa shape index (κ3) is 3.51. The van der Waals surface area contributed by atoms with E-state index in [0.29, 0.717) is 23.5 Å². The van der Waals surface area contributed by atoms with E-state index in [0.717, 1.165) is 17.1 Å². The number of anilines is 1. The number of amides is 1. The van der Waals surface area contributed by atoms with Crippen LogP contribution in [0, 0.1) is 13.8 Å². The molecule has 2 rings (SSSR count). The van der Waals surface area contributed by atoms with E-state index in [9.17, 15) is 4.79 Å². The molecule has 2 heterocycles. The summed E-state index contributed by atoms with van der Waals surface area (Å²) in [6.45, 7) is 4.30. The summed E-state index contributed by atoms with van der Waals surface area (Å²) in [5.41, 5.74) is 8.35. The van der Waals surface area contributed by atoms with Crippen molar-refractivity contribution in [3.63, 3.8) is 0 Å². The van der Waals surface area contributed by atoms with Crippen LogP contribution in [0.3, 0.4) is 0 Å². The number of nitrogens with two attached hydrogens (primary N) is 1. The summed E-state index contributed by atoms with van der Waals surface area (Å²) < 4.78 is 0. The molecule has 0 saturated carbocycles. The monoisotopic (exact) mass is 276 g/mol. The van der Waals surface area contributed by atoms with Crippen LogP contribution in [0.5, 0.6) is 0 Å². The number of carbonyl (C=O) groups excluding carboxylic acids is 1. The molecular weight excluding hydrogens is 260 g/mol. The molecule has 3 N–H and O–H groups in total. The van der Waals surface area contributed by atoms with Crippen molar-refractivity contribution in [3.05, 3.63) is 39.6 Å². The summed E-state index contributed by atoms with van der Waals surface area (Å²) in [4.78, 5) is 20.4. The van der Waals surface area contributed by atoms with Crippen molar-refractivity contribution < 1.29 is 4.79 Å². The first-order chi connectivity index (χ1) is 9.06. The normalized spacial score (nSPS) is 10.4. The Morgan fingerprint density at radius 3 is 2.95 bits per heavy atom. The van der Waals surface area contributed by atoms with Crippen LogP contribution in [-0.2, 0) is 6.42 Å². The maximum atomic E-state index is 12.0.